The number of nitrogens with zero attached hydrogens (tertiary/aromatic N) is 1. The summed E-state index contributed by atoms with van der Waals surface area (Å²) in [6.07, 6.45) is 4.70. The van der Waals surface area contributed by atoms with E-state index in [1.807, 2.05) is 30.3 Å². The minimum absolute atomic E-state index is 0.288. The van der Waals surface area contributed by atoms with Crippen molar-refractivity contribution in [2.75, 3.05) is 6.61 Å². The van der Waals surface area contributed by atoms with Crippen molar-refractivity contribution < 1.29 is 9.53 Å². The quantitative estimate of drug-likeness (QED) is 0.595. The van der Waals surface area contributed by atoms with Crippen LogP contribution in [0.5, 0.6) is 0 Å². The Labute approximate surface area is 107 Å². The van der Waals surface area contributed by atoms with Crippen LogP contribution in [0.4, 0.5) is 0 Å². The van der Waals surface area contributed by atoms with Gasteiger partial charge in [-0.15, -0.1) is 0 Å². The first-order valence-electron chi connectivity index (χ1n) is 6.33. The third-order valence-electron chi connectivity index (χ3n) is 2.81. The van der Waals surface area contributed by atoms with E-state index < -0.39 is 0 Å². The largest absolute Gasteiger partial charge is 0.462 e. The lowest BCUT2D eigenvalue weighted by Crippen LogP contribution is -2.06. The van der Waals surface area contributed by atoms with E-state index in [9.17, 15) is 4.79 Å². The van der Waals surface area contributed by atoms with Crippen LogP contribution in [0.15, 0.2) is 36.5 Å². The SMILES string of the molecule is CCCCCOC(=O)c1cnc2ccccc2c1. The summed E-state index contributed by atoms with van der Waals surface area (Å²) in [5.74, 6) is -0.288. The van der Waals surface area contributed by atoms with Gasteiger partial charge in [-0.1, -0.05) is 38.0 Å². The zero-order valence-corrected chi connectivity index (χ0v) is 10.6. The van der Waals surface area contributed by atoms with Gasteiger partial charge in [0.05, 0.1) is 17.7 Å². The molecule has 1 aromatic heterocycles. The smallest absolute Gasteiger partial charge is 0.339 e. The van der Waals surface area contributed by atoms with Crippen LogP contribution in [-0.2, 0) is 4.74 Å². The molecule has 0 aliphatic rings. The van der Waals surface area contributed by atoms with E-state index in [1.54, 1.807) is 6.20 Å². The maximum atomic E-state index is 11.8. The van der Waals surface area contributed by atoms with E-state index in [1.165, 1.54) is 0 Å². The number of hydrogen-bond acceptors (Lipinski definition) is 3. The van der Waals surface area contributed by atoms with Crippen molar-refractivity contribution in [3.8, 4) is 0 Å². The number of rotatable bonds is 5. The second kappa shape index (κ2) is 6.15. The number of para-hydroxylation sites is 1. The number of unbranched alkanes of at least 4 members (excludes halogenated alkanes) is 2. The Kier molecular flexibility index (Phi) is 4.29. The Morgan fingerprint density at radius 1 is 1.28 bits per heavy atom. The fourth-order valence-corrected chi connectivity index (χ4v) is 1.78. The zero-order valence-electron chi connectivity index (χ0n) is 10.6. The molecule has 0 saturated heterocycles. The Bertz CT molecular complexity index is 537. The van der Waals surface area contributed by atoms with Crippen LogP contribution in [0.25, 0.3) is 10.9 Å². The molecule has 1 heterocycles. The van der Waals surface area contributed by atoms with Crippen molar-refractivity contribution >= 4 is 16.9 Å². The number of pyridine rings is 1. The van der Waals surface area contributed by atoms with E-state index in [-0.39, 0.29) is 5.97 Å². The number of hydrogen-bond donors (Lipinski definition) is 0. The Hall–Kier alpha value is -1.90. The summed E-state index contributed by atoms with van der Waals surface area (Å²) in [6, 6.07) is 9.55. The van der Waals surface area contributed by atoms with Crippen LogP contribution < -0.4 is 0 Å². The predicted octanol–water partition coefficient (Wildman–Crippen LogP) is 3.58. The predicted molar refractivity (Wildman–Crippen MR) is 71.6 cm³/mol. The summed E-state index contributed by atoms with van der Waals surface area (Å²) in [5.41, 5.74) is 1.41. The van der Waals surface area contributed by atoms with E-state index >= 15 is 0 Å². The van der Waals surface area contributed by atoms with Gasteiger partial charge in [0.15, 0.2) is 0 Å². The molecule has 18 heavy (non-hydrogen) atoms. The number of esters is 1. The first-order valence-corrected chi connectivity index (χ1v) is 6.33. The van der Waals surface area contributed by atoms with Gasteiger partial charge in [-0.3, -0.25) is 4.98 Å². The monoisotopic (exact) mass is 243 g/mol. The molecule has 2 aromatic rings. The van der Waals surface area contributed by atoms with Crippen LogP contribution in [0, 0.1) is 0 Å². The molecule has 2 rings (SSSR count). The van der Waals surface area contributed by atoms with Crippen molar-refractivity contribution in [2.24, 2.45) is 0 Å². The van der Waals surface area contributed by atoms with Gasteiger partial charge in [0, 0.05) is 11.6 Å². The van der Waals surface area contributed by atoms with Crippen LogP contribution in [0.3, 0.4) is 0 Å². The van der Waals surface area contributed by atoms with Gasteiger partial charge in [0.1, 0.15) is 0 Å². The molecule has 3 heteroatoms. The molecule has 0 aliphatic heterocycles. The number of carbonyl (C=O) groups excluding carboxylic acids is 1. The van der Waals surface area contributed by atoms with Crippen molar-refractivity contribution in [1.29, 1.82) is 0 Å². The van der Waals surface area contributed by atoms with Gasteiger partial charge in [-0.25, -0.2) is 4.79 Å². The minimum Gasteiger partial charge on any atom is -0.462 e. The van der Waals surface area contributed by atoms with Gasteiger partial charge >= 0.3 is 5.97 Å². The third-order valence-corrected chi connectivity index (χ3v) is 2.81. The summed E-state index contributed by atoms with van der Waals surface area (Å²) in [7, 11) is 0. The summed E-state index contributed by atoms with van der Waals surface area (Å²) >= 11 is 0. The fraction of sp³-hybridized carbons (Fsp3) is 0.333. The number of aromatic nitrogens is 1. The maximum absolute atomic E-state index is 11.8. The first-order chi connectivity index (χ1) is 8.81. The van der Waals surface area contributed by atoms with Gasteiger partial charge in [-0.05, 0) is 18.6 Å². The third kappa shape index (κ3) is 3.06. The highest BCUT2D eigenvalue weighted by molar-refractivity contribution is 5.93. The zero-order chi connectivity index (χ0) is 12.8. The van der Waals surface area contributed by atoms with Crippen molar-refractivity contribution in [1.82, 2.24) is 4.98 Å². The highest BCUT2D eigenvalue weighted by atomic mass is 16.5. The summed E-state index contributed by atoms with van der Waals surface area (Å²) in [4.78, 5) is 16.0. The lowest BCUT2D eigenvalue weighted by molar-refractivity contribution is 0.0498. The van der Waals surface area contributed by atoms with Crippen LogP contribution >= 0.6 is 0 Å². The standard InChI is InChI=1S/C15H17NO2/c1-2-3-6-9-18-15(17)13-10-12-7-4-5-8-14(12)16-11-13/h4-5,7-8,10-11H,2-3,6,9H2,1H3. The van der Waals surface area contributed by atoms with Gasteiger partial charge in [-0.2, -0.15) is 0 Å². The second-order valence-corrected chi connectivity index (χ2v) is 4.26. The van der Waals surface area contributed by atoms with E-state index in [4.69, 9.17) is 4.74 Å². The molecule has 0 saturated carbocycles. The molecule has 0 radical (unpaired) electrons. The lowest BCUT2D eigenvalue weighted by Gasteiger charge is -2.05. The van der Waals surface area contributed by atoms with E-state index in [0.29, 0.717) is 12.2 Å². The molecule has 94 valence electrons. The average molecular weight is 243 g/mol. The molecule has 0 aliphatic carbocycles. The fourth-order valence-electron chi connectivity index (χ4n) is 1.78. The molecule has 0 fully saturated rings. The van der Waals surface area contributed by atoms with Gasteiger partial charge in [0.25, 0.3) is 0 Å². The van der Waals surface area contributed by atoms with Crippen molar-refractivity contribution in [3.05, 3.63) is 42.1 Å². The second-order valence-electron chi connectivity index (χ2n) is 4.26. The topological polar surface area (TPSA) is 39.2 Å². The van der Waals surface area contributed by atoms with Gasteiger partial charge < -0.3 is 4.74 Å². The number of fused-ring (bicyclic) bond motifs is 1. The molecular weight excluding hydrogens is 226 g/mol. The molecule has 3 nitrogen and oxygen atoms in total. The highest BCUT2D eigenvalue weighted by Crippen LogP contribution is 2.13. The summed E-state index contributed by atoms with van der Waals surface area (Å²) in [6.45, 7) is 2.61. The molecule has 1 aromatic carbocycles. The van der Waals surface area contributed by atoms with Crippen molar-refractivity contribution in [2.45, 2.75) is 26.2 Å². The highest BCUT2D eigenvalue weighted by Gasteiger charge is 2.08. The number of benzene rings is 1. The molecule has 0 spiro atoms. The average Bonchev–Trinajstić information content (AvgIpc) is 2.43. The van der Waals surface area contributed by atoms with Crippen LogP contribution in [0.2, 0.25) is 0 Å². The normalized spacial score (nSPS) is 10.5. The van der Waals surface area contributed by atoms with Crippen LogP contribution in [0.1, 0.15) is 36.5 Å². The molecular formula is C15H17NO2. The Morgan fingerprint density at radius 3 is 2.94 bits per heavy atom. The summed E-state index contributed by atoms with van der Waals surface area (Å²) in [5, 5.41) is 0.959. The molecule has 0 unspecified atom stereocenters. The van der Waals surface area contributed by atoms with Crippen molar-refractivity contribution in [3.63, 3.8) is 0 Å². The number of carbonyl (C=O) groups is 1. The lowest BCUT2D eigenvalue weighted by atomic mass is 10.1. The summed E-state index contributed by atoms with van der Waals surface area (Å²) < 4.78 is 5.20. The molecule has 0 N–H and O–H groups in total. The van der Waals surface area contributed by atoms with Crippen LogP contribution in [-0.4, -0.2) is 17.6 Å². The minimum atomic E-state index is -0.288. The molecule has 0 amide bonds. The molecule has 0 bridgehead atoms. The first kappa shape index (κ1) is 12.6. The van der Waals surface area contributed by atoms with E-state index in [2.05, 4.69) is 11.9 Å². The maximum Gasteiger partial charge on any atom is 0.339 e. The molecule has 0 atom stereocenters. The van der Waals surface area contributed by atoms with Gasteiger partial charge in [0.2, 0.25) is 0 Å². The Morgan fingerprint density at radius 2 is 2.11 bits per heavy atom. The number of ether oxygens (including phenoxy) is 1. The Balaban J connectivity index is 2.04. The van der Waals surface area contributed by atoms with E-state index in [0.717, 1.165) is 30.2 Å².